The number of aromatic nitrogens is 2. The van der Waals surface area contributed by atoms with Crippen LogP contribution in [0.3, 0.4) is 0 Å². The number of amides is 1. The molecule has 2 N–H and O–H groups in total. The van der Waals surface area contributed by atoms with Gasteiger partial charge in [0.1, 0.15) is 10.9 Å². The number of aryl methyl sites for hydroxylation is 1. The summed E-state index contributed by atoms with van der Waals surface area (Å²) < 4.78 is 27.8. The lowest BCUT2D eigenvalue weighted by molar-refractivity contribution is -0.125. The van der Waals surface area contributed by atoms with E-state index in [0.29, 0.717) is 19.6 Å². The third-order valence-electron chi connectivity index (χ3n) is 3.14. The molecule has 0 spiro atoms. The topological polar surface area (TPSA) is 96.3 Å². The Morgan fingerprint density at radius 3 is 2.95 bits per heavy atom. The van der Waals surface area contributed by atoms with E-state index in [1.807, 2.05) is 0 Å². The highest BCUT2D eigenvalue weighted by molar-refractivity contribution is 7.89. The van der Waals surface area contributed by atoms with Gasteiger partial charge in [-0.25, -0.2) is 8.42 Å². The van der Waals surface area contributed by atoms with Crippen molar-refractivity contribution in [3.05, 3.63) is 12.4 Å². The molecule has 9 heteroatoms. The normalized spacial score (nSPS) is 20.8. The predicted octanol–water partition coefficient (Wildman–Crippen LogP) is -1.48. The van der Waals surface area contributed by atoms with Crippen LogP contribution in [-0.2, 0) is 21.9 Å². The number of rotatable bonds is 4. The summed E-state index contributed by atoms with van der Waals surface area (Å²) in [6.45, 7) is 3.37. The van der Waals surface area contributed by atoms with Crippen LogP contribution >= 0.6 is 0 Å². The summed E-state index contributed by atoms with van der Waals surface area (Å²) in [6, 6.07) is -0.728. The molecule has 0 radical (unpaired) electrons. The van der Waals surface area contributed by atoms with Crippen molar-refractivity contribution in [2.24, 2.45) is 7.05 Å². The molecule has 8 nitrogen and oxygen atoms in total. The molecule has 2 heterocycles. The smallest absolute Gasteiger partial charge is 0.247 e. The first-order valence-electron chi connectivity index (χ1n) is 6.45. The summed E-state index contributed by atoms with van der Waals surface area (Å²) in [5, 5.41) is 9.59. The molecule has 2 rings (SSSR count). The average molecular weight is 301 g/mol. The predicted molar refractivity (Wildman–Crippen MR) is 72.4 cm³/mol. The van der Waals surface area contributed by atoms with Gasteiger partial charge in [-0.05, 0) is 6.92 Å². The van der Waals surface area contributed by atoms with Crippen molar-refractivity contribution in [2.45, 2.75) is 17.9 Å². The number of sulfonamides is 1. The number of nitrogens with one attached hydrogen (secondary N) is 2. The van der Waals surface area contributed by atoms with E-state index in [1.54, 1.807) is 14.0 Å². The minimum Gasteiger partial charge on any atom is -0.355 e. The average Bonchev–Trinajstić information content (AvgIpc) is 2.86. The summed E-state index contributed by atoms with van der Waals surface area (Å²) in [5.41, 5.74) is 0. The third kappa shape index (κ3) is 2.84. The molecule has 1 aliphatic rings. The van der Waals surface area contributed by atoms with Crippen LogP contribution in [0.2, 0.25) is 0 Å². The summed E-state index contributed by atoms with van der Waals surface area (Å²) in [4.78, 5) is 12.1. The van der Waals surface area contributed by atoms with E-state index in [-0.39, 0.29) is 17.3 Å². The first kappa shape index (κ1) is 14.9. The van der Waals surface area contributed by atoms with Crippen LogP contribution in [0.5, 0.6) is 0 Å². The second kappa shape index (κ2) is 5.90. The number of piperazine rings is 1. The molecule has 1 aromatic rings. The molecular formula is C11H19N5O3S. The van der Waals surface area contributed by atoms with Gasteiger partial charge in [-0.1, -0.05) is 0 Å². The van der Waals surface area contributed by atoms with Crippen molar-refractivity contribution in [2.75, 3.05) is 26.2 Å². The zero-order valence-corrected chi connectivity index (χ0v) is 12.4. The summed E-state index contributed by atoms with van der Waals surface area (Å²) in [7, 11) is -2.05. The summed E-state index contributed by atoms with van der Waals surface area (Å²) in [6.07, 6.45) is 2.73. The van der Waals surface area contributed by atoms with Crippen molar-refractivity contribution in [1.29, 1.82) is 0 Å². The van der Waals surface area contributed by atoms with E-state index in [4.69, 9.17) is 0 Å². The zero-order chi connectivity index (χ0) is 14.8. The number of carbonyl (C=O) groups is 1. The minimum absolute atomic E-state index is 0.108. The van der Waals surface area contributed by atoms with Crippen molar-refractivity contribution < 1.29 is 13.2 Å². The van der Waals surface area contributed by atoms with Crippen molar-refractivity contribution >= 4 is 15.9 Å². The first-order chi connectivity index (χ1) is 9.46. The van der Waals surface area contributed by atoms with Gasteiger partial charge in [0, 0.05) is 39.4 Å². The monoisotopic (exact) mass is 301 g/mol. The van der Waals surface area contributed by atoms with Crippen LogP contribution < -0.4 is 10.6 Å². The van der Waals surface area contributed by atoms with Gasteiger partial charge >= 0.3 is 0 Å². The molecule has 1 saturated heterocycles. The Morgan fingerprint density at radius 2 is 2.35 bits per heavy atom. The van der Waals surface area contributed by atoms with Gasteiger partial charge in [0.15, 0.2) is 0 Å². The van der Waals surface area contributed by atoms with Crippen LogP contribution in [0.25, 0.3) is 0 Å². The van der Waals surface area contributed by atoms with Gasteiger partial charge in [-0.3, -0.25) is 9.48 Å². The van der Waals surface area contributed by atoms with Gasteiger partial charge in [0.05, 0.1) is 6.20 Å². The highest BCUT2D eigenvalue weighted by atomic mass is 32.2. The Kier molecular flexibility index (Phi) is 4.41. The van der Waals surface area contributed by atoms with Gasteiger partial charge in [-0.2, -0.15) is 9.40 Å². The molecule has 112 valence electrons. The maximum atomic E-state index is 12.6. The second-order valence-corrected chi connectivity index (χ2v) is 6.47. The summed E-state index contributed by atoms with van der Waals surface area (Å²) in [5.74, 6) is -0.285. The fraction of sp³-hybridized carbons (Fsp3) is 0.636. The van der Waals surface area contributed by atoms with E-state index in [0.717, 1.165) is 0 Å². The lowest BCUT2D eigenvalue weighted by Gasteiger charge is -2.33. The Labute approximate surface area is 118 Å². The summed E-state index contributed by atoms with van der Waals surface area (Å²) >= 11 is 0. The number of likely N-dealkylation sites (N-methyl/N-ethyl adjacent to an activating group) is 1. The largest absolute Gasteiger partial charge is 0.355 e. The van der Waals surface area contributed by atoms with Crippen LogP contribution in [0.1, 0.15) is 6.92 Å². The van der Waals surface area contributed by atoms with E-state index in [2.05, 4.69) is 15.7 Å². The van der Waals surface area contributed by atoms with Gasteiger partial charge in [0.25, 0.3) is 0 Å². The molecule has 0 bridgehead atoms. The van der Waals surface area contributed by atoms with E-state index >= 15 is 0 Å². The maximum Gasteiger partial charge on any atom is 0.247 e. The highest BCUT2D eigenvalue weighted by Gasteiger charge is 2.37. The van der Waals surface area contributed by atoms with Crippen LogP contribution in [-0.4, -0.2) is 60.6 Å². The van der Waals surface area contributed by atoms with Crippen molar-refractivity contribution in [1.82, 2.24) is 24.7 Å². The van der Waals surface area contributed by atoms with E-state index < -0.39 is 16.1 Å². The molecule has 0 saturated carbocycles. The van der Waals surface area contributed by atoms with Crippen molar-refractivity contribution in [3.63, 3.8) is 0 Å². The van der Waals surface area contributed by atoms with Gasteiger partial charge in [0.2, 0.25) is 15.9 Å². The number of hydrogen-bond donors (Lipinski definition) is 2. The van der Waals surface area contributed by atoms with Gasteiger partial charge in [-0.15, -0.1) is 0 Å². The number of carbonyl (C=O) groups excluding carboxylic acids is 1. The molecule has 1 aromatic heterocycles. The fourth-order valence-corrected chi connectivity index (χ4v) is 3.73. The number of hydrogen-bond acceptors (Lipinski definition) is 5. The van der Waals surface area contributed by atoms with E-state index in [1.165, 1.54) is 21.4 Å². The molecule has 1 amide bonds. The fourth-order valence-electron chi connectivity index (χ4n) is 2.16. The Balaban J connectivity index is 2.29. The standard InChI is InChI=1S/C11H19N5O3S/c1-3-13-11(17)10-7-12-4-5-16(10)20(18,19)9-6-14-15(2)8-9/h6,8,10,12H,3-5,7H2,1-2H3,(H,13,17). The zero-order valence-electron chi connectivity index (χ0n) is 11.5. The van der Waals surface area contributed by atoms with Crippen molar-refractivity contribution in [3.8, 4) is 0 Å². The number of nitrogens with zero attached hydrogens (tertiary/aromatic N) is 3. The second-order valence-electron chi connectivity index (χ2n) is 4.58. The maximum absolute atomic E-state index is 12.6. The molecule has 1 atom stereocenters. The van der Waals surface area contributed by atoms with Crippen LogP contribution in [0.4, 0.5) is 0 Å². The first-order valence-corrected chi connectivity index (χ1v) is 7.89. The Morgan fingerprint density at radius 1 is 1.60 bits per heavy atom. The van der Waals surface area contributed by atoms with E-state index in [9.17, 15) is 13.2 Å². The third-order valence-corrected chi connectivity index (χ3v) is 5.00. The molecule has 1 aliphatic heterocycles. The Hall–Kier alpha value is -1.45. The lowest BCUT2D eigenvalue weighted by atomic mass is 10.2. The molecule has 0 aromatic carbocycles. The van der Waals surface area contributed by atoms with Crippen LogP contribution in [0.15, 0.2) is 17.3 Å². The van der Waals surface area contributed by atoms with Gasteiger partial charge < -0.3 is 10.6 Å². The molecular weight excluding hydrogens is 282 g/mol. The SMILES string of the molecule is CCNC(=O)C1CNCCN1S(=O)(=O)c1cnn(C)c1. The minimum atomic E-state index is -3.70. The molecule has 1 unspecified atom stereocenters. The molecule has 20 heavy (non-hydrogen) atoms. The van der Waals surface area contributed by atoms with Crippen LogP contribution in [0, 0.1) is 0 Å². The molecule has 0 aliphatic carbocycles. The highest BCUT2D eigenvalue weighted by Crippen LogP contribution is 2.18. The lowest BCUT2D eigenvalue weighted by Crippen LogP contribution is -2.59. The molecule has 1 fully saturated rings. The Bertz CT molecular complexity index is 583. The quantitative estimate of drug-likeness (QED) is 0.707.